The number of esters is 1. The lowest BCUT2D eigenvalue weighted by atomic mass is 10.1. The number of nitrogens with one attached hydrogen (secondary N) is 2. The molecule has 1 aliphatic heterocycles. The van der Waals surface area contributed by atoms with Gasteiger partial charge >= 0.3 is 11.7 Å². The van der Waals surface area contributed by atoms with Crippen LogP contribution in [0.3, 0.4) is 0 Å². The van der Waals surface area contributed by atoms with E-state index in [1.54, 1.807) is 13.0 Å². The zero-order valence-corrected chi connectivity index (χ0v) is 16.3. The lowest BCUT2D eigenvalue weighted by Crippen LogP contribution is -2.28. The number of fused-ring (bicyclic) bond motifs is 1. The molecule has 0 aliphatic carbocycles. The molecule has 9 nitrogen and oxygen atoms in total. The minimum atomic E-state index is -0.627. The lowest BCUT2D eigenvalue weighted by molar-refractivity contribution is -0.119. The monoisotopic (exact) mass is 405 g/mol. The number of benzene rings is 1. The number of ether oxygens (including phenoxy) is 3. The fourth-order valence-corrected chi connectivity index (χ4v) is 3.57. The van der Waals surface area contributed by atoms with Crippen LogP contribution < -0.4 is 20.5 Å². The summed E-state index contributed by atoms with van der Waals surface area (Å²) in [4.78, 5) is 42.1. The Morgan fingerprint density at radius 2 is 2.11 bits per heavy atom. The minimum Gasteiger partial charge on any atom is -0.465 e. The third-order valence-corrected chi connectivity index (χ3v) is 5.07. The van der Waals surface area contributed by atoms with Gasteiger partial charge in [0.25, 0.3) is 0 Å². The van der Waals surface area contributed by atoms with Crippen molar-refractivity contribution in [2.75, 3.05) is 19.7 Å². The van der Waals surface area contributed by atoms with E-state index in [0.29, 0.717) is 17.2 Å². The number of hydrogen-bond donors (Lipinski definition) is 2. The lowest BCUT2D eigenvalue weighted by Gasteiger charge is -2.15. The first-order valence-electron chi connectivity index (χ1n) is 8.40. The number of H-pyrrole nitrogens is 1. The molecule has 3 rings (SSSR count). The Kier molecular flexibility index (Phi) is 5.88. The van der Waals surface area contributed by atoms with E-state index in [2.05, 4.69) is 15.3 Å². The second kappa shape index (κ2) is 8.34. The van der Waals surface area contributed by atoms with Crippen LogP contribution in [0.4, 0.5) is 0 Å². The van der Waals surface area contributed by atoms with Gasteiger partial charge in [0, 0.05) is 5.69 Å². The van der Waals surface area contributed by atoms with Gasteiger partial charge in [-0.3, -0.25) is 4.79 Å². The third-order valence-electron chi connectivity index (χ3n) is 4.09. The van der Waals surface area contributed by atoms with Gasteiger partial charge in [-0.05, 0) is 31.5 Å². The van der Waals surface area contributed by atoms with Gasteiger partial charge in [-0.25, -0.2) is 9.59 Å². The second-order valence-corrected chi connectivity index (χ2v) is 6.99. The molecular formula is C18H19N3O6S. The Balaban J connectivity index is 1.66. The normalized spacial score (nSPS) is 13.1. The number of thioether (sulfide) groups is 1. The van der Waals surface area contributed by atoms with Crippen molar-refractivity contribution in [3.05, 3.63) is 45.5 Å². The quantitative estimate of drug-likeness (QED) is 0.422. The van der Waals surface area contributed by atoms with Gasteiger partial charge in [0.2, 0.25) is 12.7 Å². The average Bonchev–Trinajstić information content (AvgIpc) is 3.13. The smallest absolute Gasteiger partial charge is 0.346 e. The molecule has 0 saturated carbocycles. The van der Waals surface area contributed by atoms with Crippen LogP contribution in [0.2, 0.25) is 0 Å². The molecule has 1 amide bonds. The summed E-state index contributed by atoms with van der Waals surface area (Å²) in [7, 11) is 1.24. The van der Waals surface area contributed by atoms with Crippen LogP contribution in [-0.2, 0) is 9.53 Å². The van der Waals surface area contributed by atoms with Crippen LogP contribution in [0.5, 0.6) is 11.5 Å². The molecule has 2 heterocycles. The topological polar surface area (TPSA) is 120 Å². The zero-order valence-electron chi connectivity index (χ0n) is 15.5. The standard InChI is InChI=1S/C18H19N3O6S/c1-9(11-4-5-12-13(6-11)27-8-26-12)19-14(22)7-28-16-15(17(23)25-3)10(2)20-18(24)21-16/h4-6,9H,7-8H2,1-3H3,(H,19,22)(H,20,21,24)/t9-/m0/s1. The Bertz CT molecular complexity index is 974. The van der Waals surface area contributed by atoms with E-state index >= 15 is 0 Å². The predicted octanol–water partition coefficient (Wildman–Crippen LogP) is 1.56. The molecular weight excluding hydrogens is 386 g/mol. The van der Waals surface area contributed by atoms with Crippen molar-refractivity contribution in [3.8, 4) is 11.5 Å². The first-order valence-corrected chi connectivity index (χ1v) is 9.38. The van der Waals surface area contributed by atoms with E-state index in [0.717, 1.165) is 17.3 Å². The molecule has 2 aromatic rings. The first kappa shape index (κ1) is 19.7. The van der Waals surface area contributed by atoms with Crippen molar-refractivity contribution >= 4 is 23.6 Å². The number of carbonyl (C=O) groups excluding carboxylic acids is 2. The van der Waals surface area contributed by atoms with E-state index in [4.69, 9.17) is 14.2 Å². The molecule has 1 aromatic heterocycles. The molecule has 2 N–H and O–H groups in total. The van der Waals surface area contributed by atoms with Gasteiger partial charge in [0.1, 0.15) is 10.6 Å². The summed E-state index contributed by atoms with van der Waals surface area (Å²) in [6.45, 7) is 3.60. The van der Waals surface area contributed by atoms with Crippen LogP contribution in [0.25, 0.3) is 0 Å². The highest BCUT2D eigenvalue weighted by atomic mass is 32.2. The van der Waals surface area contributed by atoms with Gasteiger partial charge in [-0.2, -0.15) is 4.98 Å². The maximum Gasteiger partial charge on any atom is 0.346 e. The number of aromatic nitrogens is 2. The summed E-state index contributed by atoms with van der Waals surface area (Å²) in [5, 5.41) is 3.02. The van der Waals surface area contributed by atoms with E-state index in [1.165, 1.54) is 7.11 Å². The van der Waals surface area contributed by atoms with Crippen LogP contribution >= 0.6 is 11.8 Å². The number of carbonyl (C=O) groups is 2. The highest BCUT2D eigenvalue weighted by Gasteiger charge is 2.21. The molecule has 1 aliphatic rings. The number of rotatable bonds is 6. The van der Waals surface area contributed by atoms with Crippen molar-refractivity contribution in [2.45, 2.75) is 24.9 Å². The summed E-state index contributed by atoms with van der Waals surface area (Å²) in [5.41, 5.74) is 0.747. The minimum absolute atomic E-state index is 0.0191. The van der Waals surface area contributed by atoms with Crippen LogP contribution in [0.15, 0.2) is 28.0 Å². The number of amides is 1. The number of nitrogens with zero attached hydrogens (tertiary/aromatic N) is 1. The Morgan fingerprint density at radius 1 is 1.36 bits per heavy atom. The molecule has 0 radical (unpaired) electrons. The Hall–Kier alpha value is -3.01. The molecule has 0 spiro atoms. The molecule has 0 bridgehead atoms. The van der Waals surface area contributed by atoms with Gasteiger partial charge in [-0.15, -0.1) is 0 Å². The SMILES string of the molecule is COC(=O)c1c(SCC(=O)N[C@@H](C)c2ccc3c(c2)OCO3)nc(=O)[nH]c1C. The third kappa shape index (κ3) is 4.28. The van der Waals surface area contributed by atoms with E-state index in [-0.39, 0.29) is 35.1 Å². The number of methoxy groups -OCH3 is 1. The van der Waals surface area contributed by atoms with Gasteiger partial charge < -0.3 is 24.5 Å². The highest BCUT2D eigenvalue weighted by Crippen LogP contribution is 2.34. The number of hydrogen-bond acceptors (Lipinski definition) is 8. The molecule has 1 aromatic carbocycles. The summed E-state index contributed by atoms with van der Waals surface area (Å²) < 4.78 is 15.3. The fourth-order valence-electron chi connectivity index (χ4n) is 2.69. The molecule has 10 heteroatoms. The Labute approximate surface area is 164 Å². The van der Waals surface area contributed by atoms with Crippen molar-refractivity contribution in [3.63, 3.8) is 0 Å². The van der Waals surface area contributed by atoms with Crippen molar-refractivity contribution < 1.29 is 23.8 Å². The van der Waals surface area contributed by atoms with Crippen LogP contribution in [0.1, 0.15) is 34.6 Å². The molecule has 0 unspecified atom stereocenters. The maximum atomic E-state index is 12.3. The average molecular weight is 405 g/mol. The highest BCUT2D eigenvalue weighted by molar-refractivity contribution is 8.00. The fraction of sp³-hybridized carbons (Fsp3) is 0.333. The Morgan fingerprint density at radius 3 is 2.86 bits per heavy atom. The van der Waals surface area contributed by atoms with Gasteiger partial charge in [0.05, 0.1) is 18.9 Å². The molecule has 1 atom stereocenters. The van der Waals surface area contributed by atoms with E-state index < -0.39 is 11.7 Å². The van der Waals surface area contributed by atoms with Gasteiger partial charge in [-0.1, -0.05) is 17.8 Å². The summed E-state index contributed by atoms with van der Waals surface area (Å²) >= 11 is 0.996. The van der Waals surface area contributed by atoms with Gasteiger partial charge in [0.15, 0.2) is 11.5 Å². The molecule has 148 valence electrons. The summed E-state index contributed by atoms with van der Waals surface area (Å²) in [6, 6.07) is 5.19. The number of aryl methyl sites for hydroxylation is 1. The summed E-state index contributed by atoms with van der Waals surface area (Å²) in [6.07, 6.45) is 0. The largest absolute Gasteiger partial charge is 0.465 e. The van der Waals surface area contributed by atoms with Crippen molar-refractivity contribution in [2.24, 2.45) is 0 Å². The predicted molar refractivity (Wildman–Crippen MR) is 101 cm³/mol. The van der Waals surface area contributed by atoms with E-state index in [1.807, 2.05) is 19.1 Å². The molecule has 28 heavy (non-hydrogen) atoms. The van der Waals surface area contributed by atoms with Crippen LogP contribution in [-0.4, -0.2) is 41.5 Å². The summed E-state index contributed by atoms with van der Waals surface area (Å²) in [5.74, 6) is 0.390. The van der Waals surface area contributed by atoms with E-state index in [9.17, 15) is 14.4 Å². The van der Waals surface area contributed by atoms with Crippen molar-refractivity contribution in [1.82, 2.24) is 15.3 Å². The molecule has 0 saturated heterocycles. The zero-order chi connectivity index (χ0) is 20.3. The first-order chi connectivity index (χ1) is 13.4. The second-order valence-electron chi connectivity index (χ2n) is 6.03. The van der Waals surface area contributed by atoms with Crippen LogP contribution in [0, 0.1) is 6.92 Å². The van der Waals surface area contributed by atoms with Crippen molar-refractivity contribution in [1.29, 1.82) is 0 Å². The maximum absolute atomic E-state index is 12.3. The number of aromatic amines is 1. The molecule has 0 fully saturated rings.